The summed E-state index contributed by atoms with van der Waals surface area (Å²) in [7, 11) is 0. The summed E-state index contributed by atoms with van der Waals surface area (Å²) in [5.74, 6) is 0.203. The van der Waals surface area contributed by atoms with Gasteiger partial charge in [-0.15, -0.1) is 0 Å². The summed E-state index contributed by atoms with van der Waals surface area (Å²) < 4.78 is 0. The Morgan fingerprint density at radius 2 is 0.586 bits per heavy atom. The highest BCUT2D eigenvalue weighted by Gasteiger charge is 2.30. The summed E-state index contributed by atoms with van der Waals surface area (Å²) in [5, 5.41) is 79.6. The highest BCUT2D eigenvalue weighted by Crippen LogP contribution is 2.46. The smallest absolute Gasteiger partial charge is 0.122 e. The molecule has 0 amide bonds. The first-order chi connectivity index (χ1) is 32.5. The van der Waals surface area contributed by atoms with Crippen molar-refractivity contribution in [3.8, 4) is 40.2 Å². The fraction of sp³-hybridized carbons (Fsp3) is 0.333. The van der Waals surface area contributed by atoms with Crippen LogP contribution < -0.4 is 0 Å². The number of phenolic OH excluding ortho intramolecular Hbond substituents is 7. The number of benzene rings is 7. The first kappa shape index (κ1) is 51.0. The fourth-order valence-electron chi connectivity index (χ4n) is 9.97. The molecule has 0 radical (unpaired) electrons. The molecule has 0 atom stereocenters. The Kier molecular flexibility index (Phi) is 13.7. The molecule has 0 bridgehead atoms. The maximum absolute atomic E-state index is 12.2. The zero-order valence-corrected chi connectivity index (χ0v) is 43.2. The molecule has 0 aliphatic heterocycles. The number of hydrogen-bond donors (Lipinski definition) is 7. The number of hydrogen-bond acceptors (Lipinski definition) is 7. The predicted molar refractivity (Wildman–Crippen MR) is 284 cm³/mol. The van der Waals surface area contributed by atoms with Gasteiger partial charge in [-0.2, -0.15) is 0 Å². The number of rotatable bonds is 10. The van der Waals surface area contributed by atoms with Gasteiger partial charge in [-0.3, -0.25) is 0 Å². The van der Waals surface area contributed by atoms with Crippen LogP contribution in [0, 0.1) is 6.92 Å². The van der Waals surface area contributed by atoms with Crippen molar-refractivity contribution in [2.75, 3.05) is 0 Å². The van der Waals surface area contributed by atoms with E-state index in [1.54, 1.807) is 36.4 Å². The van der Waals surface area contributed by atoms with Crippen LogP contribution in [0.3, 0.4) is 0 Å². The second-order valence-corrected chi connectivity index (χ2v) is 23.5. The lowest BCUT2D eigenvalue weighted by atomic mass is 9.77. The SMILES string of the molecule is Cc1cc(Cc2ccc(O)c(C(c3ccc(O)c(C(C)(C)C)c3)c3ccc(O)c(C(C)(C)C)c3)c2)c(O)c(Cc2ccc(O)c(C(c3ccc(O)c(C(C)(C)C)c3)c3ccc(O)c(C(C)(C)C)c3)c2)c1. The topological polar surface area (TPSA) is 142 Å². The molecule has 7 aromatic carbocycles. The number of phenols is 7. The van der Waals surface area contributed by atoms with Crippen molar-refractivity contribution in [3.63, 3.8) is 0 Å². The minimum absolute atomic E-state index is 0.101. The monoisotopic (exact) mass is 941 g/mol. The van der Waals surface area contributed by atoms with E-state index in [1.807, 2.05) is 91.9 Å². The Bertz CT molecular complexity index is 2750. The molecule has 70 heavy (non-hydrogen) atoms. The molecule has 0 unspecified atom stereocenters. The maximum Gasteiger partial charge on any atom is 0.122 e. The van der Waals surface area contributed by atoms with Crippen molar-refractivity contribution in [1.82, 2.24) is 0 Å². The molecule has 0 saturated carbocycles. The molecule has 7 rings (SSSR count). The van der Waals surface area contributed by atoms with Gasteiger partial charge in [0.05, 0.1) is 0 Å². The molecule has 0 saturated heterocycles. The standard InChI is InChI=1S/C63H72O7/c1-36-26-43(28-37-14-20-51(64)45(30-37)57(39-16-22-53(66)47(32-39)60(2,3)4)40-17-23-54(67)48(33-40)61(5,6)7)59(70)44(27-36)29-38-15-21-52(65)46(31-38)58(41-18-24-55(68)49(34-41)62(8,9)10)42-19-25-56(69)50(35-42)63(11,12)13/h14-27,30-35,57-58,64-70H,28-29H2,1-13H3. The first-order valence-electron chi connectivity index (χ1n) is 24.3. The molecule has 7 N–H and O–H groups in total. The molecule has 0 spiro atoms. The highest BCUT2D eigenvalue weighted by molar-refractivity contribution is 5.58. The van der Waals surface area contributed by atoms with Gasteiger partial charge in [-0.25, -0.2) is 0 Å². The Morgan fingerprint density at radius 1 is 0.329 bits per heavy atom. The van der Waals surface area contributed by atoms with Crippen molar-refractivity contribution < 1.29 is 35.7 Å². The first-order valence-corrected chi connectivity index (χ1v) is 24.3. The lowest BCUT2D eigenvalue weighted by Gasteiger charge is -2.27. The lowest BCUT2D eigenvalue weighted by Crippen LogP contribution is -2.15. The summed E-state index contributed by atoms with van der Waals surface area (Å²) in [5.41, 5.74) is 10.6. The van der Waals surface area contributed by atoms with Gasteiger partial charge in [0, 0.05) is 35.8 Å². The highest BCUT2D eigenvalue weighted by atomic mass is 16.3. The van der Waals surface area contributed by atoms with Crippen molar-refractivity contribution >= 4 is 0 Å². The molecule has 0 heterocycles. The quantitative estimate of drug-likeness (QED) is 0.0677. The number of aromatic hydroxyl groups is 7. The van der Waals surface area contributed by atoms with Crippen LogP contribution in [0.2, 0.25) is 0 Å². The second kappa shape index (κ2) is 18.8. The van der Waals surface area contributed by atoms with Gasteiger partial charge in [0.2, 0.25) is 0 Å². The summed E-state index contributed by atoms with van der Waals surface area (Å²) in [6.07, 6.45) is 0.728. The molecule has 7 aromatic rings. The van der Waals surface area contributed by atoms with Gasteiger partial charge in [-0.05, 0) is 132 Å². The molecule has 7 nitrogen and oxygen atoms in total. The molecule has 0 aromatic heterocycles. The molecular formula is C63H72O7. The van der Waals surface area contributed by atoms with Gasteiger partial charge < -0.3 is 35.7 Å². The van der Waals surface area contributed by atoms with Crippen molar-refractivity contribution in [3.05, 3.63) is 205 Å². The van der Waals surface area contributed by atoms with Crippen LogP contribution in [0.4, 0.5) is 0 Å². The van der Waals surface area contributed by atoms with Gasteiger partial charge in [0.15, 0.2) is 0 Å². The minimum atomic E-state index is -0.471. The van der Waals surface area contributed by atoms with Crippen LogP contribution in [-0.2, 0) is 34.5 Å². The van der Waals surface area contributed by atoms with Crippen molar-refractivity contribution in [1.29, 1.82) is 0 Å². The Balaban J connectivity index is 1.30. The van der Waals surface area contributed by atoms with Crippen LogP contribution in [0.25, 0.3) is 0 Å². The molecule has 366 valence electrons. The van der Waals surface area contributed by atoms with Gasteiger partial charge in [0.25, 0.3) is 0 Å². The van der Waals surface area contributed by atoms with Crippen LogP contribution >= 0.6 is 0 Å². The third-order valence-electron chi connectivity index (χ3n) is 13.7. The average molecular weight is 941 g/mol. The van der Waals surface area contributed by atoms with Crippen LogP contribution in [0.1, 0.15) is 178 Å². The normalized spacial score (nSPS) is 12.6. The van der Waals surface area contributed by atoms with Crippen molar-refractivity contribution in [2.45, 2.75) is 136 Å². The Morgan fingerprint density at radius 3 is 0.843 bits per heavy atom. The van der Waals surface area contributed by atoms with E-state index in [2.05, 4.69) is 83.1 Å². The maximum atomic E-state index is 12.2. The molecule has 0 aliphatic rings. The zero-order valence-electron chi connectivity index (χ0n) is 43.2. The van der Waals surface area contributed by atoms with E-state index in [4.69, 9.17) is 0 Å². The minimum Gasteiger partial charge on any atom is -0.508 e. The van der Waals surface area contributed by atoms with Gasteiger partial charge in [-0.1, -0.05) is 174 Å². The second-order valence-electron chi connectivity index (χ2n) is 23.5. The summed E-state index contributed by atoms with van der Waals surface area (Å²) in [6.45, 7) is 26.6. The Hall–Kier alpha value is -6.86. The largest absolute Gasteiger partial charge is 0.508 e. The molecular weight excluding hydrogens is 869 g/mol. The molecule has 0 fully saturated rings. The third-order valence-corrected chi connectivity index (χ3v) is 13.7. The predicted octanol–water partition coefficient (Wildman–Crippen LogP) is 14.7. The van der Waals surface area contributed by atoms with Crippen LogP contribution in [0.5, 0.6) is 40.2 Å². The van der Waals surface area contributed by atoms with Crippen molar-refractivity contribution in [2.24, 2.45) is 0 Å². The lowest BCUT2D eigenvalue weighted by molar-refractivity contribution is 0.444. The van der Waals surface area contributed by atoms with E-state index < -0.39 is 11.8 Å². The third kappa shape index (κ3) is 10.8. The fourth-order valence-corrected chi connectivity index (χ4v) is 9.97. The summed E-state index contributed by atoms with van der Waals surface area (Å²) in [4.78, 5) is 0. The van der Waals surface area contributed by atoms with Gasteiger partial charge >= 0.3 is 0 Å². The molecule has 7 heteroatoms. The average Bonchev–Trinajstić information content (AvgIpc) is 3.25. The summed E-state index contributed by atoms with van der Waals surface area (Å²) in [6, 6.07) is 37.6. The van der Waals surface area contributed by atoms with Gasteiger partial charge in [0.1, 0.15) is 40.2 Å². The zero-order chi connectivity index (χ0) is 51.4. The van der Waals surface area contributed by atoms with Crippen LogP contribution in [0.15, 0.2) is 121 Å². The van der Waals surface area contributed by atoms with E-state index in [-0.39, 0.29) is 61.9 Å². The van der Waals surface area contributed by atoms with E-state index in [9.17, 15) is 35.7 Å². The number of aryl methyl sites for hydroxylation is 1. The van der Waals surface area contributed by atoms with Crippen LogP contribution in [-0.4, -0.2) is 35.7 Å². The van der Waals surface area contributed by atoms with E-state index >= 15 is 0 Å². The van der Waals surface area contributed by atoms with E-state index in [0.717, 1.165) is 72.3 Å². The summed E-state index contributed by atoms with van der Waals surface area (Å²) >= 11 is 0. The molecule has 0 aliphatic carbocycles. The van der Waals surface area contributed by atoms with E-state index in [0.29, 0.717) is 24.0 Å². The van der Waals surface area contributed by atoms with E-state index in [1.165, 1.54) is 0 Å². The Labute approximate surface area is 415 Å².